The largest absolute Gasteiger partial charge is 0.349 e. The van der Waals surface area contributed by atoms with Crippen LogP contribution in [-0.2, 0) is 4.79 Å². The van der Waals surface area contributed by atoms with Gasteiger partial charge in [-0.15, -0.1) is 11.3 Å². The van der Waals surface area contributed by atoms with Gasteiger partial charge in [0, 0.05) is 6.54 Å². The Kier molecular flexibility index (Phi) is 4.49. The molecule has 1 aromatic rings. The molecule has 0 aliphatic heterocycles. The molecule has 0 radical (unpaired) electrons. The predicted octanol–water partition coefficient (Wildman–Crippen LogP) is 2.09. The molecule has 0 saturated heterocycles. The average Bonchev–Trinajstić information content (AvgIpc) is 2.68. The molecule has 0 fully saturated rings. The molecule has 0 atom stereocenters. The third-order valence-electron chi connectivity index (χ3n) is 1.96. The van der Waals surface area contributed by atoms with Crippen LogP contribution in [0.15, 0.2) is 17.5 Å². The molecule has 0 bridgehead atoms. The van der Waals surface area contributed by atoms with Crippen LogP contribution in [0, 0.1) is 5.92 Å². The van der Waals surface area contributed by atoms with Gasteiger partial charge in [-0.1, -0.05) is 19.9 Å². The molecule has 1 heterocycles. The van der Waals surface area contributed by atoms with E-state index in [1.165, 1.54) is 11.3 Å². The predicted molar refractivity (Wildman–Crippen MR) is 61.1 cm³/mol. The van der Waals surface area contributed by atoms with Crippen molar-refractivity contribution < 1.29 is 9.59 Å². The minimum atomic E-state index is -0.502. The van der Waals surface area contributed by atoms with Crippen LogP contribution in [0.2, 0.25) is 0 Å². The van der Waals surface area contributed by atoms with E-state index in [0.717, 1.165) is 6.42 Å². The van der Waals surface area contributed by atoms with E-state index in [-0.39, 0.29) is 0 Å². The van der Waals surface area contributed by atoms with Gasteiger partial charge in [0.25, 0.3) is 11.7 Å². The van der Waals surface area contributed by atoms with E-state index in [1.807, 2.05) is 0 Å². The fourth-order valence-corrected chi connectivity index (χ4v) is 1.73. The van der Waals surface area contributed by atoms with E-state index < -0.39 is 11.7 Å². The van der Waals surface area contributed by atoms with Gasteiger partial charge >= 0.3 is 0 Å². The lowest BCUT2D eigenvalue weighted by Gasteiger charge is -2.05. The highest BCUT2D eigenvalue weighted by atomic mass is 32.1. The van der Waals surface area contributed by atoms with Crippen molar-refractivity contribution in [3.63, 3.8) is 0 Å². The molecule has 0 saturated carbocycles. The Balaban J connectivity index is 2.38. The van der Waals surface area contributed by atoms with Crippen LogP contribution in [-0.4, -0.2) is 18.2 Å². The average molecular weight is 225 g/mol. The number of hydrogen-bond acceptors (Lipinski definition) is 3. The van der Waals surface area contributed by atoms with Crippen molar-refractivity contribution in [2.24, 2.45) is 5.92 Å². The van der Waals surface area contributed by atoms with Crippen LogP contribution >= 0.6 is 11.3 Å². The summed E-state index contributed by atoms with van der Waals surface area (Å²) in [6.07, 6.45) is 0.892. The zero-order valence-corrected chi connectivity index (χ0v) is 9.76. The van der Waals surface area contributed by atoms with Gasteiger partial charge in [0.15, 0.2) is 0 Å². The molecule has 1 N–H and O–H groups in total. The Bertz CT molecular complexity index is 330. The van der Waals surface area contributed by atoms with Crippen molar-refractivity contribution in [1.29, 1.82) is 0 Å². The van der Waals surface area contributed by atoms with Gasteiger partial charge in [0.2, 0.25) is 0 Å². The molecule has 82 valence electrons. The van der Waals surface area contributed by atoms with Crippen molar-refractivity contribution in [1.82, 2.24) is 5.32 Å². The van der Waals surface area contributed by atoms with E-state index in [4.69, 9.17) is 0 Å². The summed E-state index contributed by atoms with van der Waals surface area (Å²) in [5.74, 6) is -0.408. The fraction of sp³-hybridized carbons (Fsp3) is 0.455. The summed E-state index contributed by atoms with van der Waals surface area (Å²) < 4.78 is 0. The summed E-state index contributed by atoms with van der Waals surface area (Å²) in [6, 6.07) is 3.42. The maximum atomic E-state index is 11.5. The van der Waals surface area contributed by atoms with Crippen molar-refractivity contribution in [2.45, 2.75) is 20.3 Å². The van der Waals surface area contributed by atoms with Gasteiger partial charge in [-0.3, -0.25) is 9.59 Å². The highest BCUT2D eigenvalue weighted by Gasteiger charge is 2.16. The summed E-state index contributed by atoms with van der Waals surface area (Å²) in [5, 5.41) is 4.41. The number of carbonyl (C=O) groups is 2. The van der Waals surface area contributed by atoms with Gasteiger partial charge < -0.3 is 5.32 Å². The van der Waals surface area contributed by atoms with Crippen molar-refractivity contribution >= 4 is 23.0 Å². The van der Waals surface area contributed by atoms with Crippen LogP contribution in [0.5, 0.6) is 0 Å². The molecular weight excluding hydrogens is 210 g/mol. The van der Waals surface area contributed by atoms with E-state index in [0.29, 0.717) is 17.3 Å². The van der Waals surface area contributed by atoms with E-state index in [1.54, 1.807) is 17.5 Å². The summed E-state index contributed by atoms with van der Waals surface area (Å²) in [4.78, 5) is 23.3. The molecule has 0 spiro atoms. The molecule has 0 unspecified atom stereocenters. The summed E-state index contributed by atoms with van der Waals surface area (Å²) in [5.41, 5.74) is 0. The monoisotopic (exact) mass is 225 g/mol. The van der Waals surface area contributed by atoms with Crippen LogP contribution in [0.1, 0.15) is 29.9 Å². The second kappa shape index (κ2) is 5.66. The Morgan fingerprint density at radius 2 is 2.20 bits per heavy atom. The second-order valence-corrected chi connectivity index (χ2v) is 4.69. The SMILES string of the molecule is CC(C)CCNC(=O)C(=O)c1cccs1. The molecule has 0 aromatic carbocycles. The summed E-state index contributed by atoms with van der Waals surface area (Å²) in [7, 11) is 0. The van der Waals surface area contributed by atoms with Gasteiger partial charge in [-0.2, -0.15) is 0 Å². The van der Waals surface area contributed by atoms with E-state index in [2.05, 4.69) is 19.2 Å². The number of ketones is 1. The van der Waals surface area contributed by atoms with Gasteiger partial charge in [0.1, 0.15) is 0 Å². The first-order chi connectivity index (χ1) is 7.11. The van der Waals surface area contributed by atoms with Gasteiger partial charge in [-0.05, 0) is 23.8 Å². The first-order valence-electron chi connectivity index (χ1n) is 4.97. The topological polar surface area (TPSA) is 46.2 Å². The molecular formula is C11H15NO2S. The minimum Gasteiger partial charge on any atom is -0.349 e. The molecule has 15 heavy (non-hydrogen) atoms. The maximum Gasteiger partial charge on any atom is 0.293 e. The lowest BCUT2D eigenvalue weighted by molar-refractivity contribution is -0.117. The van der Waals surface area contributed by atoms with E-state index in [9.17, 15) is 9.59 Å². The normalized spacial score (nSPS) is 10.3. The maximum absolute atomic E-state index is 11.5. The lowest BCUT2D eigenvalue weighted by Crippen LogP contribution is -2.31. The van der Waals surface area contributed by atoms with E-state index >= 15 is 0 Å². The number of hydrogen-bond donors (Lipinski definition) is 1. The Labute approximate surface area is 93.5 Å². The molecule has 0 aliphatic rings. The second-order valence-electron chi connectivity index (χ2n) is 3.74. The highest BCUT2D eigenvalue weighted by Crippen LogP contribution is 2.09. The fourth-order valence-electron chi connectivity index (χ4n) is 1.07. The van der Waals surface area contributed by atoms with Crippen LogP contribution in [0.25, 0.3) is 0 Å². The zero-order valence-electron chi connectivity index (χ0n) is 8.95. The highest BCUT2D eigenvalue weighted by molar-refractivity contribution is 7.13. The molecule has 1 amide bonds. The Hall–Kier alpha value is -1.16. The van der Waals surface area contributed by atoms with Crippen molar-refractivity contribution in [3.8, 4) is 0 Å². The first kappa shape index (κ1) is 11.9. The summed E-state index contributed by atoms with van der Waals surface area (Å²) in [6.45, 7) is 4.72. The zero-order chi connectivity index (χ0) is 11.3. The molecule has 3 nitrogen and oxygen atoms in total. The summed E-state index contributed by atoms with van der Waals surface area (Å²) >= 11 is 1.29. The number of nitrogens with one attached hydrogen (secondary N) is 1. The number of thiophene rings is 1. The van der Waals surface area contributed by atoms with Gasteiger partial charge in [-0.25, -0.2) is 0 Å². The number of Topliss-reactive ketones (excluding diaryl/α,β-unsaturated/α-hetero) is 1. The Morgan fingerprint density at radius 1 is 1.47 bits per heavy atom. The third kappa shape index (κ3) is 3.83. The van der Waals surface area contributed by atoms with Crippen LogP contribution in [0.4, 0.5) is 0 Å². The molecule has 1 rings (SSSR count). The first-order valence-corrected chi connectivity index (χ1v) is 5.85. The van der Waals surface area contributed by atoms with Crippen LogP contribution in [0.3, 0.4) is 0 Å². The standard InChI is InChI=1S/C11H15NO2S/c1-8(2)5-6-12-11(14)10(13)9-4-3-7-15-9/h3-4,7-8H,5-6H2,1-2H3,(H,12,14). The quantitative estimate of drug-likeness (QED) is 0.616. The molecule has 0 aliphatic carbocycles. The van der Waals surface area contributed by atoms with Crippen molar-refractivity contribution in [2.75, 3.05) is 6.54 Å². The lowest BCUT2D eigenvalue weighted by atomic mass is 10.1. The molecule has 1 aromatic heterocycles. The smallest absolute Gasteiger partial charge is 0.293 e. The molecule has 4 heteroatoms. The van der Waals surface area contributed by atoms with Crippen molar-refractivity contribution in [3.05, 3.63) is 22.4 Å². The van der Waals surface area contributed by atoms with Crippen LogP contribution < -0.4 is 5.32 Å². The minimum absolute atomic E-state index is 0.436. The number of carbonyl (C=O) groups excluding carboxylic acids is 2. The number of rotatable bonds is 5. The Morgan fingerprint density at radius 3 is 2.73 bits per heavy atom. The third-order valence-corrected chi connectivity index (χ3v) is 2.83. The number of amides is 1. The van der Waals surface area contributed by atoms with Gasteiger partial charge in [0.05, 0.1) is 4.88 Å².